The maximum atomic E-state index is 13.2. The van der Waals surface area contributed by atoms with Gasteiger partial charge in [-0.25, -0.2) is 0 Å². The fourth-order valence-electron chi connectivity index (χ4n) is 4.45. The molecule has 37 heavy (non-hydrogen) atoms. The van der Waals surface area contributed by atoms with Crippen molar-refractivity contribution in [2.24, 2.45) is 0 Å². The molecule has 0 aliphatic carbocycles. The lowest BCUT2D eigenvalue weighted by Gasteiger charge is -2.24. The number of aromatic hydroxyl groups is 1. The Morgan fingerprint density at radius 2 is 1.76 bits per heavy atom. The molecule has 0 radical (unpaired) electrons. The quantitative estimate of drug-likeness (QED) is 0.200. The Hall–Kier alpha value is -4.78. The Bertz CT molecular complexity index is 1470. The number of likely N-dealkylation sites (tertiary alicyclic amines) is 1. The van der Waals surface area contributed by atoms with Crippen LogP contribution in [0.3, 0.4) is 0 Å². The Balaban J connectivity index is 1.47. The largest absolute Gasteiger partial charge is 0.508 e. The van der Waals surface area contributed by atoms with E-state index < -0.39 is 17.7 Å². The molecule has 2 heterocycles. The zero-order valence-electron chi connectivity index (χ0n) is 20.1. The molecule has 7 heteroatoms. The number of furan rings is 1. The van der Waals surface area contributed by atoms with Crippen LogP contribution < -0.4 is 4.74 Å². The zero-order valence-corrected chi connectivity index (χ0v) is 20.1. The Morgan fingerprint density at radius 3 is 2.46 bits per heavy atom. The molecule has 1 fully saturated rings. The predicted octanol–water partition coefficient (Wildman–Crippen LogP) is 5.49. The lowest BCUT2D eigenvalue weighted by molar-refractivity contribution is -0.140. The van der Waals surface area contributed by atoms with Crippen molar-refractivity contribution in [1.82, 2.24) is 4.90 Å². The van der Waals surface area contributed by atoms with Gasteiger partial charge in [0, 0.05) is 5.56 Å². The van der Waals surface area contributed by atoms with Gasteiger partial charge >= 0.3 is 0 Å². The van der Waals surface area contributed by atoms with E-state index in [1.165, 1.54) is 23.3 Å². The van der Waals surface area contributed by atoms with Gasteiger partial charge in [-0.1, -0.05) is 36.4 Å². The minimum atomic E-state index is -0.908. The van der Waals surface area contributed by atoms with E-state index in [-0.39, 0.29) is 23.6 Å². The molecule has 1 aromatic heterocycles. The van der Waals surface area contributed by atoms with E-state index >= 15 is 0 Å². The first-order valence-corrected chi connectivity index (χ1v) is 11.8. The summed E-state index contributed by atoms with van der Waals surface area (Å²) in [5, 5.41) is 21.3. The van der Waals surface area contributed by atoms with Crippen LogP contribution in [0.1, 0.15) is 34.1 Å². The van der Waals surface area contributed by atoms with Crippen molar-refractivity contribution in [3.8, 4) is 11.5 Å². The van der Waals surface area contributed by atoms with E-state index in [0.29, 0.717) is 29.2 Å². The van der Waals surface area contributed by atoms with Crippen LogP contribution in [0.5, 0.6) is 11.5 Å². The van der Waals surface area contributed by atoms with Crippen LogP contribution in [-0.2, 0) is 22.7 Å². The number of phenolic OH excluding ortho intramolecular Hbond substituents is 1. The summed E-state index contributed by atoms with van der Waals surface area (Å²) in [6.07, 6.45) is 1.48. The van der Waals surface area contributed by atoms with Crippen LogP contribution in [0, 0.1) is 6.92 Å². The number of aliphatic hydroxyl groups excluding tert-OH is 1. The molecule has 0 bridgehead atoms. The highest BCUT2D eigenvalue weighted by Gasteiger charge is 2.46. The molecule has 7 nitrogen and oxygen atoms in total. The van der Waals surface area contributed by atoms with Crippen LogP contribution >= 0.6 is 0 Å². The number of nitrogens with zero attached hydrogens (tertiary/aromatic N) is 1. The van der Waals surface area contributed by atoms with Crippen LogP contribution in [0.25, 0.3) is 5.76 Å². The minimum Gasteiger partial charge on any atom is -0.508 e. The number of ketones is 1. The molecule has 0 spiro atoms. The maximum Gasteiger partial charge on any atom is 0.296 e. The van der Waals surface area contributed by atoms with E-state index in [9.17, 15) is 19.8 Å². The van der Waals surface area contributed by atoms with Gasteiger partial charge in [0.25, 0.3) is 11.7 Å². The average molecular weight is 496 g/mol. The molecular weight excluding hydrogens is 470 g/mol. The number of carbonyl (C=O) groups excluding carboxylic acids is 2. The van der Waals surface area contributed by atoms with Gasteiger partial charge in [0.1, 0.15) is 29.6 Å². The number of ether oxygens (including phenoxy) is 1. The number of hydrogen-bond donors (Lipinski definition) is 2. The van der Waals surface area contributed by atoms with Gasteiger partial charge < -0.3 is 24.3 Å². The number of rotatable bonds is 7. The summed E-state index contributed by atoms with van der Waals surface area (Å²) in [6, 6.07) is 23.4. The van der Waals surface area contributed by atoms with Gasteiger partial charge in [-0.05, 0) is 72.1 Å². The van der Waals surface area contributed by atoms with E-state index in [1.807, 2.05) is 31.2 Å². The second kappa shape index (κ2) is 10.1. The standard InChI is InChI=1S/C30H25NO6/c1-19-6-2-3-7-22(19)18-37-24-13-11-20(12-14-24)28(33)26-27(21-8-4-9-23(32)16-21)31(30(35)29(26)34)17-25-10-5-15-36-25/h2-16,27,32-33H,17-18H2,1H3/b28-26+. The summed E-state index contributed by atoms with van der Waals surface area (Å²) in [5.74, 6) is -0.804. The number of aryl methyl sites for hydroxylation is 1. The van der Waals surface area contributed by atoms with E-state index in [2.05, 4.69) is 0 Å². The van der Waals surface area contributed by atoms with E-state index in [1.54, 1.807) is 48.5 Å². The monoisotopic (exact) mass is 495 g/mol. The zero-order chi connectivity index (χ0) is 25.9. The lowest BCUT2D eigenvalue weighted by atomic mass is 9.95. The Kier molecular flexibility index (Phi) is 6.51. The van der Waals surface area contributed by atoms with E-state index in [4.69, 9.17) is 9.15 Å². The first-order chi connectivity index (χ1) is 17.9. The second-order valence-electron chi connectivity index (χ2n) is 8.84. The summed E-state index contributed by atoms with van der Waals surface area (Å²) in [4.78, 5) is 27.5. The molecule has 2 N–H and O–H groups in total. The highest BCUT2D eigenvalue weighted by atomic mass is 16.5. The molecule has 186 valence electrons. The molecule has 1 atom stereocenters. The number of phenols is 1. The number of benzene rings is 3. The van der Waals surface area contributed by atoms with Crippen molar-refractivity contribution in [3.05, 3.63) is 125 Å². The van der Waals surface area contributed by atoms with Gasteiger partial charge in [-0.15, -0.1) is 0 Å². The van der Waals surface area contributed by atoms with Crippen LogP contribution in [0.4, 0.5) is 0 Å². The van der Waals surface area contributed by atoms with Gasteiger partial charge in [-0.3, -0.25) is 9.59 Å². The van der Waals surface area contributed by atoms with E-state index in [0.717, 1.165) is 11.1 Å². The summed E-state index contributed by atoms with van der Waals surface area (Å²) in [7, 11) is 0. The normalized spacial score (nSPS) is 16.8. The van der Waals surface area contributed by atoms with Crippen LogP contribution in [0.2, 0.25) is 0 Å². The first-order valence-electron chi connectivity index (χ1n) is 11.8. The summed E-state index contributed by atoms with van der Waals surface area (Å²) in [6.45, 7) is 2.44. The van der Waals surface area contributed by atoms with Gasteiger partial charge in [0.05, 0.1) is 24.4 Å². The van der Waals surface area contributed by atoms with Crippen molar-refractivity contribution in [2.75, 3.05) is 0 Å². The molecule has 5 rings (SSSR count). The third-order valence-corrected chi connectivity index (χ3v) is 6.42. The van der Waals surface area contributed by atoms with Crippen LogP contribution in [0.15, 0.2) is 101 Å². The molecule has 3 aromatic carbocycles. The van der Waals surface area contributed by atoms with Crippen molar-refractivity contribution in [2.45, 2.75) is 26.1 Å². The molecule has 0 saturated carbocycles. The highest BCUT2D eigenvalue weighted by Crippen LogP contribution is 2.41. The van der Waals surface area contributed by atoms with Crippen molar-refractivity contribution in [1.29, 1.82) is 0 Å². The van der Waals surface area contributed by atoms with Gasteiger partial charge in [0.15, 0.2) is 0 Å². The number of amides is 1. The molecule has 1 saturated heterocycles. The first kappa shape index (κ1) is 23.9. The second-order valence-corrected chi connectivity index (χ2v) is 8.84. The van der Waals surface area contributed by atoms with Gasteiger partial charge in [0.2, 0.25) is 0 Å². The highest BCUT2D eigenvalue weighted by molar-refractivity contribution is 6.46. The number of aliphatic hydroxyl groups is 1. The lowest BCUT2D eigenvalue weighted by Crippen LogP contribution is -2.29. The van der Waals surface area contributed by atoms with Crippen LogP contribution in [-0.4, -0.2) is 26.8 Å². The van der Waals surface area contributed by atoms with Gasteiger partial charge in [-0.2, -0.15) is 0 Å². The fourth-order valence-corrected chi connectivity index (χ4v) is 4.45. The molecule has 1 unspecified atom stereocenters. The number of hydrogen-bond acceptors (Lipinski definition) is 6. The van der Waals surface area contributed by atoms with Crippen molar-refractivity contribution >= 4 is 17.4 Å². The third kappa shape index (κ3) is 4.84. The number of carbonyl (C=O) groups is 2. The molecule has 1 aliphatic rings. The SMILES string of the molecule is Cc1ccccc1COc1ccc(/C(O)=C2\C(=O)C(=O)N(Cc3ccco3)C2c2cccc(O)c2)cc1. The Labute approximate surface area is 213 Å². The maximum absolute atomic E-state index is 13.2. The third-order valence-electron chi connectivity index (χ3n) is 6.42. The molecule has 1 amide bonds. The summed E-state index contributed by atoms with van der Waals surface area (Å²) < 4.78 is 11.3. The average Bonchev–Trinajstić information content (AvgIpc) is 3.50. The predicted molar refractivity (Wildman–Crippen MR) is 137 cm³/mol. The smallest absolute Gasteiger partial charge is 0.296 e. The summed E-state index contributed by atoms with van der Waals surface area (Å²) in [5.41, 5.74) is 2.99. The molecular formula is C30H25NO6. The molecule has 4 aromatic rings. The summed E-state index contributed by atoms with van der Waals surface area (Å²) >= 11 is 0. The Morgan fingerprint density at radius 1 is 0.973 bits per heavy atom. The molecule has 1 aliphatic heterocycles. The number of Topliss-reactive ketones (excluding diaryl/α,β-unsaturated/α-hetero) is 1. The minimum absolute atomic E-state index is 0.0174. The van der Waals surface area contributed by atoms with Crippen molar-refractivity contribution in [3.63, 3.8) is 0 Å². The topological polar surface area (TPSA) is 100 Å². The van der Waals surface area contributed by atoms with Crippen molar-refractivity contribution < 1.29 is 29.0 Å². The fraction of sp³-hybridized carbons (Fsp3) is 0.133.